The normalized spacial score (nSPS) is 21.2. The Morgan fingerprint density at radius 2 is 1.47 bits per heavy atom. The van der Waals surface area contributed by atoms with Crippen molar-refractivity contribution in [2.24, 2.45) is 0 Å². The molecule has 0 heteroatoms. The highest BCUT2D eigenvalue weighted by Gasteiger charge is 2.32. The summed E-state index contributed by atoms with van der Waals surface area (Å²) in [6.07, 6.45) is 5.27. The predicted molar refractivity (Wildman–Crippen MR) is 80.1 cm³/mol. The molecule has 1 unspecified atom stereocenters. The molecule has 0 bridgehead atoms. The third kappa shape index (κ3) is 1.67. The molecule has 0 nitrogen and oxygen atoms in total. The molecule has 0 fully saturated rings. The zero-order valence-corrected chi connectivity index (χ0v) is 11.1. The second-order valence-electron chi connectivity index (χ2n) is 5.64. The lowest BCUT2D eigenvalue weighted by Gasteiger charge is -2.20. The molecular formula is C19H18. The summed E-state index contributed by atoms with van der Waals surface area (Å²) < 4.78 is 0. The van der Waals surface area contributed by atoms with Gasteiger partial charge in [-0.05, 0) is 47.9 Å². The molecule has 0 saturated heterocycles. The minimum Gasteiger partial charge on any atom is -0.0622 e. The molecule has 0 aliphatic heterocycles. The lowest BCUT2D eigenvalue weighted by molar-refractivity contribution is 0.694. The van der Waals surface area contributed by atoms with Gasteiger partial charge < -0.3 is 0 Å². The summed E-state index contributed by atoms with van der Waals surface area (Å²) in [4.78, 5) is 0. The van der Waals surface area contributed by atoms with Crippen LogP contribution < -0.4 is 0 Å². The van der Waals surface area contributed by atoms with E-state index in [-0.39, 0.29) is 0 Å². The Balaban J connectivity index is 1.92. The standard InChI is InChI=1S/C19H18/c1-2-8-14(9-3-1)19-17-12-6-4-10-15(17)16-11-5-7-13-18(16)19/h1-4,6,8-10,12,19H,5,7,11,13H2. The van der Waals surface area contributed by atoms with E-state index < -0.39 is 0 Å². The van der Waals surface area contributed by atoms with E-state index >= 15 is 0 Å². The zero-order valence-electron chi connectivity index (χ0n) is 11.1. The van der Waals surface area contributed by atoms with E-state index in [1.54, 1.807) is 11.1 Å². The second-order valence-corrected chi connectivity index (χ2v) is 5.64. The van der Waals surface area contributed by atoms with E-state index in [4.69, 9.17) is 0 Å². The van der Waals surface area contributed by atoms with Crippen LogP contribution in [0.25, 0.3) is 5.57 Å². The van der Waals surface area contributed by atoms with E-state index in [2.05, 4.69) is 54.6 Å². The van der Waals surface area contributed by atoms with E-state index in [9.17, 15) is 0 Å². The van der Waals surface area contributed by atoms with Crippen LogP contribution in [-0.2, 0) is 0 Å². The van der Waals surface area contributed by atoms with Crippen LogP contribution in [-0.4, -0.2) is 0 Å². The largest absolute Gasteiger partial charge is 0.0622 e. The van der Waals surface area contributed by atoms with E-state index in [0.717, 1.165) is 0 Å². The highest BCUT2D eigenvalue weighted by molar-refractivity contribution is 5.80. The Morgan fingerprint density at radius 1 is 0.737 bits per heavy atom. The smallest absolute Gasteiger partial charge is 0.0310 e. The molecule has 0 aromatic heterocycles. The van der Waals surface area contributed by atoms with E-state index in [0.29, 0.717) is 5.92 Å². The van der Waals surface area contributed by atoms with Crippen molar-refractivity contribution in [1.29, 1.82) is 0 Å². The summed E-state index contributed by atoms with van der Waals surface area (Å²) in [7, 11) is 0. The van der Waals surface area contributed by atoms with Crippen molar-refractivity contribution < 1.29 is 0 Å². The van der Waals surface area contributed by atoms with Crippen molar-refractivity contribution in [3.63, 3.8) is 0 Å². The molecule has 0 saturated carbocycles. The number of hydrogen-bond donors (Lipinski definition) is 0. The van der Waals surface area contributed by atoms with Gasteiger partial charge in [-0.15, -0.1) is 0 Å². The van der Waals surface area contributed by atoms with Crippen LogP contribution in [0.2, 0.25) is 0 Å². The molecule has 0 spiro atoms. The molecule has 2 aliphatic carbocycles. The topological polar surface area (TPSA) is 0 Å². The summed E-state index contributed by atoms with van der Waals surface area (Å²) in [5, 5.41) is 0. The third-order valence-corrected chi connectivity index (χ3v) is 4.59. The summed E-state index contributed by atoms with van der Waals surface area (Å²) in [6, 6.07) is 20.0. The Hall–Kier alpha value is -1.82. The van der Waals surface area contributed by atoms with Crippen molar-refractivity contribution in [1.82, 2.24) is 0 Å². The van der Waals surface area contributed by atoms with Gasteiger partial charge >= 0.3 is 0 Å². The second kappa shape index (κ2) is 4.38. The van der Waals surface area contributed by atoms with Gasteiger partial charge in [0.05, 0.1) is 0 Å². The van der Waals surface area contributed by atoms with Crippen LogP contribution in [0.5, 0.6) is 0 Å². The lowest BCUT2D eigenvalue weighted by Crippen LogP contribution is -2.03. The van der Waals surface area contributed by atoms with E-state index in [1.807, 2.05) is 0 Å². The quantitative estimate of drug-likeness (QED) is 0.652. The Morgan fingerprint density at radius 3 is 2.37 bits per heavy atom. The number of hydrogen-bond acceptors (Lipinski definition) is 0. The lowest BCUT2D eigenvalue weighted by atomic mass is 9.84. The minimum atomic E-state index is 0.521. The first kappa shape index (κ1) is 11.0. The molecule has 2 aliphatic rings. The number of fused-ring (bicyclic) bond motifs is 2. The monoisotopic (exact) mass is 246 g/mol. The molecule has 19 heavy (non-hydrogen) atoms. The summed E-state index contributed by atoms with van der Waals surface area (Å²) in [6.45, 7) is 0. The van der Waals surface area contributed by atoms with Gasteiger partial charge in [0.1, 0.15) is 0 Å². The van der Waals surface area contributed by atoms with Crippen LogP contribution in [0.3, 0.4) is 0 Å². The summed E-state index contributed by atoms with van der Waals surface area (Å²) in [5.74, 6) is 0.521. The average Bonchev–Trinajstić information content (AvgIpc) is 2.83. The van der Waals surface area contributed by atoms with Crippen molar-refractivity contribution in [3.05, 3.63) is 76.9 Å². The molecular weight excluding hydrogens is 228 g/mol. The molecule has 2 aromatic carbocycles. The molecule has 2 aromatic rings. The summed E-state index contributed by atoms with van der Waals surface area (Å²) in [5.41, 5.74) is 7.85. The zero-order chi connectivity index (χ0) is 12.7. The van der Waals surface area contributed by atoms with Gasteiger partial charge in [-0.1, -0.05) is 60.2 Å². The molecule has 0 N–H and O–H groups in total. The van der Waals surface area contributed by atoms with E-state index in [1.165, 1.54) is 42.4 Å². The molecule has 94 valence electrons. The molecule has 0 heterocycles. The Kier molecular flexibility index (Phi) is 2.55. The predicted octanol–water partition coefficient (Wildman–Crippen LogP) is 5.16. The highest BCUT2D eigenvalue weighted by Crippen LogP contribution is 2.50. The number of benzene rings is 2. The maximum atomic E-state index is 2.32. The average molecular weight is 246 g/mol. The van der Waals surface area contributed by atoms with Gasteiger partial charge in [0.15, 0.2) is 0 Å². The van der Waals surface area contributed by atoms with Gasteiger partial charge in [-0.3, -0.25) is 0 Å². The minimum absolute atomic E-state index is 0.521. The number of rotatable bonds is 1. The van der Waals surface area contributed by atoms with Gasteiger partial charge in [0, 0.05) is 5.92 Å². The molecule has 0 amide bonds. The number of allylic oxidation sites excluding steroid dienone is 2. The van der Waals surface area contributed by atoms with Gasteiger partial charge in [-0.2, -0.15) is 0 Å². The third-order valence-electron chi connectivity index (χ3n) is 4.59. The molecule has 0 radical (unpaired) electrons. The summed E-state index contributed by atoms with van der Waals surface area (Å²) >= 11 is 0. The highest BCUT2D eigenvalue weighted by atomic mass is 14.4. The maximum absolute atomic E-state index is 2.32. The van der Waals surface area contributed by atoms with Crippen molar-refractivity contribution >= 4 is 5.57 Å². The van der Waals surface area contributed by atoms with Crippen LogP contribution in [0.4, 0.5) is 0 Å². The molecule has 4 rings (SSSR count). The first-order valence-electron chi connectivity index (χ1n) is 7.31. The fourth-order valence-electron chi connectivity index (χ4n) is 3.79. The van der Waals surface area contributed by atoms with Crippen LogP contribution in [0, 0.1) is 0 Å². The van der Waals surface area contributed by atoms with Crippen LogP contribution in [0.15, 0.2) is 60.2 Å². The first-order chi connectivity index (χ1) is 9.45. The molecule has 1 atom stereocenters. The SMILES string of the molecule is c1ccc(C2C3=C(CCCC3)c3ccccc32)cc1. The first-order valence-corrected chi connectivity index (χ1v) is 7.31. The Labute approximate surface area is 114 Å². The van der Waals surface area contributed by atoms with Crippen molar-refractivity contribution in [2.45, 2.75) is 31.6 Å². The maximum Gasteiger partial charge on any atom is 0.0310 e. The van der Waals surface area contributed by atoms with Gasteiger partial charge in [-0.25, -0.2) is 0 Å². The fraction of sp³-hybridized carbons (Fsp3) is 0.263. The van der Waals surface area contributed by atoms with Crippen LogP contribution >= 0.6 is 0 Å². The Bertz CT molecular complexity index is 634. The fourth-order valence-corrected chi connectivity index (χ4v) is 3.79. The van der Waals surface area contributed by atoms with Crippen LogP contribution in [0.1, 0.15) is 48.3 Å². The van der Waals surface area contributed by atoms with Gasteiger partial charge in [0.2, 0.25) is 0 Å². The van der Waals surface area contributed by atoms with Gasteiger partial charge in [0.25, 0.3) is 0 Å². The van der Waals surface area contributed by atoms with Crippen molar-refractivity contribution in [2.75, 3.05) is 0 Å². The van der Waals surface area contributed by atoms with Crippen molar-refractivity contribution in [3.8, 4) is 0 Å².